The molecule has 1 saturated carbocycles. The van der Waals surface area contributed by atoms with Crippen LogP contribution < -0.4 is 0 Å². The number of esters is 3. The van der Waals surface area contributed by atoms with Crippen molar-refractivity contribution in [2.45, 2.75) is 95.2 Å². The maximum atomic E-state index is 13.7. The van der Waals surface area contributed by atoms with Crippen molar-refractivity contribution in [1.29, 1.82) is 0 Å². The predicted octanol–water partition coefficient (Wildman–Crippen LogP) is -0.103. The minimum Gasteiger partial charge on any atom is -0.472 e. The summed E-state index contributed by atoms with van der Waals surface area (Å²) in [6.45, 7) is 4.25. The van der Waals surface area contributed by atoms with Crippen LogP contribution in [0.1, 0.15) is 51.7 Å². The molecular formula is C30H40O14. The quantitative estimate of drug-likeness (QED) is 0.198. The lowest BCUT2D eigenvalue weighted by Crippen LogP contribution is -2.66. The van der Waals surface area contributed by atoms with Crippen molar-refractivity contribution in [3.05, 3.63) is 35.8 Å². The highest BCUT2D eigenvalue weighted by molar-refractivity contribution is 5.91. The molecule has 244 valence electrons. The van der Waals surface area contributed by atoms with Gasteiger partial charge in [-0.2, -0.15) is 0 Å². The van der Waals surface area contributed by atoms with Crippen LogP contribution in [0.25, 0.3) is 0 Å². The fourth-order valence-electron chi connectivity index (χ4n) is 7.65. The maximum Gasteiger partial charge on any atom is 0.335 e. The first-order valence-electron chi connectivity index (χ1n) is 14.6. The summed E-state index contributed by atoms with van der Waals surface area (Å²) in [5.41, 5.74) is -1.38. The van der Waals surface area contributed by atoms with Crippen LogP contribution in [0.15, 0.2) is 34.7 Å². The van der Waals surface area contributed by atoms with Gasteiger partial charge >= 0.3 is 17.9 Å². The predicted molar refractivity (Wildman–Crippen MR) is 145 cm³/mol. The summed E-state index contributed by atoms with van der Waals surface area (Å²) in [6.07, 6.45) is -7.13. The minimum absolute atomic E-state index is 0.00191. The molecule has 14 nitrogen and oxygen atoms in total. The number of methoxy groups -OCH3 is 1. The molecule has 4 aliphatic rings. The average Bonchev–Trinajstić information content (AvgIpc) is 3.53. The number of rotatable bonds is 7. The monoisotopic (exact) mass is 624 g/mol. The molecule has 1 aromatic rings. The maximum absolute atomic E-state index is 13.7. The molecule has 0 bridgehead atoms. The number of aliphatic hydroxyl groups is 5. The molecule has 2 aliphatic heterocycles. The van der Waals surface area contributed by atoms with Gasteiger partial charge in [0.15, 0.2) is 6.29 Å². The van der Waals surface area contributed by atoms with Gasteiger partial charge in [0.25, 0.3) is 0 Å². The van der Waals surface area contributed by atoms with Crippen LogP contribution in [0.2, 0.25) is 0 Å². The van der Waals surface area contributed by atoms with E-state index in [0.29, 0.717) is 12.0 Å². The number of furan rings is 1. The second kappa shape index (κ2) is 12.2. The van der Waals surface area contributed by atoms with Gasteiger partial charge < -0.3 is 53.6 Å². The highest BCUT2D eigenvalue weighted by atomic mass is 16.7. The lowest BCUT2D eigenvalue weighted by molar-refractivity contribution is -0.329. The van der Waals surface area contributed by atoms with E-state index in [0.717, 1.165) is 0 Å². The summed E-state index contributed by atoms with van der Waals surface area (Å²) < 4.78 is 33.8. The largest absolute Gasteiger partial charge is 0.472 e. The lowest BCUT2D eigenvalue weighted by Gasteiger charge is -2.62. The third-order valence-corrected chi connectivity index (χ3v) is 10.1. The van der Waals surface area contributed by atoms with Gasteiger partial charge in [-0.25, -0.2) is 9.59 Å². The van der Waals surface area contributed by atoms with Crippen molar-refractivity contribution < 1.29 is 68.0 Å². The van der Waals surface area contributed by atoms with Crippen LogP contribution in [0, 0.1) is 22.7 Å². The Morgan fingerprint density at radius 1 is 1.14 bits per heavy atom. The van der Waals surface area contributed by atoms with Gasteiger partial charge in [0, 0.05) is 16.6 Å². The van der Waals surface area contributed by atoms with Crippen LogP contribution in [0.5, 0.6) is 0 Å². The molecule has 2 aliphatic carbocycles. The molecule has 13 atom stereocenters. The molecule has 0 aromatic carbocycles. The van der Waals surface area contributed by atoms with Crippen molar-refractivity contribution >= 4 is 17.9 Å². The van der Waals surface area contributed by atoms with Crippen molar-refractivity contribution in [3.63, 3.8) is 0 Å². The zero-order valence-corrected chi connectivity index (χ0v) is 24.9. The fourth-order valence-corrected chi connectivity index (χ4v) is 7.65. The number of cyclic esters (lactones) is 1. The number of carbonyl (C=O) groups is 3. The molecule has 0 amide bonds. The molecule has 0 spiro atoms. The molecule has 2 saturated heterocycles. The number of hydrogen-bond acceptors (Lipinski definition) is 14. The first-order chi connectivity index (χ1) is 20.8. The molecule has 3 heterocycles. The smallest absolute Gasteiger partial charge is 0.335 e. The Kier molecular flexibility index (Phi) is 8.99. The zero-order valence-electron chi connectivity index (χ0n) is 24.9. The Balaban J connectivity index is 1.60. The van der Waals surface area contributed by atoms with E-state index >= 15 is 0 Å². The van der Waals surface area contributed by atoms with Gasteiger partial charge in [-0.05, 0) is 49.7 Å². The molecule has 44 heavy (non-hydrogen) atoms. The summed E-state index contributed by atoms with van der Waals surface area (Å²) in [5.74, 6) is -3.57. The highest BCUT2D eigenvalue weighted by Gasteiger charge is 2.67. The SMILES string of the molecule is COC(=O)C1=C[C@H](OC(=O)C(C)O)C[C@H]2[C@]3(C)C[C@@H](c4ccoc4)OC(=O)[C@H]3C[C@H](O[C@@H]3O[C@H](CO)[C@@H](O)[C@H](O)[C@H]3O)[C@@]12C. The Hall–Kier alpha value is -2.85. The van der Waals surface area contributed by atoms with Gasteiger partial charge in [0.1, 0.15) is 42.7 Å². The number of fused-ring (bicyclic) bond motifs is 3. The van der Waals surface area contributed by atoms with Crippen molar-refractivity contribution in [1.82, 2.24) is 0 Å². The van der Waals surface area contributed by atoms with E-state index in [9.17, 15) is 39.9 Å². The van der Waals surface area contributed by atoms with E-state index in [1.807, 2.05) is 6.92 Å². The summed E-state index contributed by atoms with van der Waals surface area (Å²) in [4.78, 5) is 39.6. The van der Waals surface area contributed by atoms with E-state index < -0.39 is 102 Å². The second-order valence-corrected chi connectivity index (χ2v) is 12.6. The highest BCUT2D eigenvalue weighted by Crippen LogP contribution is 2.66. The number of ether oxygens (including phenoxy) is 5. The first kappa shape index (κ1) is 32.5. The molecule has 0 radical (unpaired) electrons. The average molecular weight is 625 g/mol. The van der Waals surface area contributed by atoms with E-state index in [1.165, 1.54) is 32.6 Å². The van der Waals surface area contributed by atoms with Gasteiger partial charge in [0.05, 0.1) is 38.3 Å². The third kappa shape index (κ3) is 5.36. The van der Waals surface area contributed by atoms with Gasteiger partial charge in [-0.15, -0.1) is 0 Å². The van der Waals surface area contributed by atoms with Gasteiger partial charge in [-0.1, -0.05) is 13.8 Å². The summed E-state index contributed by atoms with van der Waals surface area (Å²) in [5, 5.41) is 51.0. The Bertz CT molecular complexity index is 1260. The molecule has 5 N–H and O–H groups in total. The van der Waals surface area contributed by atoms with Crippen LogP contribution in [-0.2, 0) is 38.1 Å². The molecule has 1 unspecified atom stereocenters. The van der Waals surface area contributed by atoms with Gasteiger partial charge in [-0.3, -0.25) is 4.79 Å². The minimum atomic E-state index is -1.74. The van der Waals surface area contributed by atoms with Crippen LogP contribution >= 0.6 is 0 Å². The Morgan fingerprint density at radius 2 is 1.86 bits per heavy atom. The van der Waals surface area contributed by atoms with Crippen molar-refractivity contribution in [3.8, 4) is 0 Å². The number of carbonyl (C=O) groups excluding carboxylic acids is 3. The molecule has 5 rings (SSSR count). The molecule has 3 fully saturated rings. The summed E-state index contributed by atoms with van der Waals surface area (Å²) in [6, 6.07) is 1.70. The standard InChI is InChI=1S/C30H40O14/c1-13(32)25(36)41-15-7-17(26(37)39-4)30(3)20(8-15)29(2)10-18(14-5-6-40-12-14)42-27(38)16(29)9-21(30)44-28-24(35)23(34)22(33)19(11-31)43-28/h5-7,12-13,15-16,18-24,28,31-35H,8-11H2,1-4H3/t13?,15-,16+,18-,19+,20-,21-,22+,23-,24+,28-,29+,30-/m0/s1. The van der Waals surface area contributed by atoms with Crippen molar-refractivity contribution in [2.75, 3.05) is 13.7 Å². The Morgan fingerprint density at radius 3 is 2.48 bits per heavy atom. The number of aliphatic hydroxyl groups excluding tert-OH is 5. The first-order valence-corrected chi connectivity index (χ1v) is 14.6. The summed E-state index contributed by atoms with van der Waals surface area (Å²) in [7, 11) is 1.20. The van der Waals surface area contributed by atoms with Gasteiger partial charge in [0.2, 0.25) is 0 Å². The topological polar surface area (TPSA) is 212 Å². The van der Waals surface area contributed by atoms with Crippen LogP contribution in [-0.4, -0.2) is 106 Å². The molecule has 14 heteroatoms. The van der Waals surface area contributed by atoms with E-state index in [1.54, 1.807) is 13.0 Å². The van der Waals surface area contributed by atoms with E-state index in [-0.39, 0.29) is 18.4 Å². The third-order valence-electron chi connectivity index (χ3n) is 10.1. The van der Waals surface area contributed by atoms with Crippen LogP contribution in [0.4, 0.5) is 0 Å². The zero-order chi connectivity index (χ0) is 32.1. The lowest BCUT2D eigenvalue weighted by atomic mass is 9.44. The number of hydrogen-bond donors (Lipinski definition) is 5. The Labute approximate surface area is 253 Å². The normalized spacial score (nSPS) is 42.7. The second-order valence-electron chi connectivity index (χ2n) is 12.6. The van der Waals surface area contributed by atoms with E-state index in [2.05, 4.69) is 0 Å². The molecular weight excluding hydrogens is 584 g/mol. The fraction of sp³-hybridized carbons (Fsp3) is 0.700. The van der Waals surface area contributed by atoms with Crippen molar-refractivity contribution in [2.24, 2.45) is 22.7 Å². The molecule has 1 aromatic heterocycles. The van der Waals surface area contributed by atoms with Crippen LogP contribution in [0.3, 0.4) is 0 Å². The van der Waals surface area contributed by atoms with E-state index in [4.69, 9.17) is 28.1 Å². The summed E-state index contributed by atoms with van der Waals surface area (Å²) >= 11 is 0.